The van der Waals surface area contributed by atoms with Gasteiger partial charge in [0.2, 0.25) is 0 Å². The Balaban J connectivity index is 1.50. The van der Waals surface area contributed by atoms with E-state index in [4.69, 9.17) is 18.5 Å². The van der Waals surface area contributed by atoms with Crippen molar-refractivity contribution in [3.05, 3.63) is 63.4 Å². The van der Waals surface area contributed by atoms with Crippen LogP contribution in [0.5, 0.6) is 5.75 Å². The first-order valence-electron chi connectivity index (χ1n) is 11.3. The van der Waals surface area contributed by atoms with Crippen LogP contribution < -0.4 is 20.9 Å². The number of halogens is 1. The molecule has 2 heterocycles. The maximum Gasteiger partial charge on any atom is 0.459 e. The van der Waals surface area contributed by atoms with Gasteiger partial charge in [0.15, 0.2) is 11.9 Å². The molecule has 1 aromatic carbocycles. The topological polar surface area (TPSA) is 158 Å². The average Bonchev–Trinajstić information content (AvgIpc) is 3.60. The minimum atomic E-state index is -4.28. The minimum absolute atomic E-state index is 0.164. The van der Waals surface area contributed by atoms with Gasteiger partial charge in [0, 0.05) is 12.3 Å². The fraction of sp³-hybridized carbons (Fsp3) is 0.500. The van der Waals surface area contributed by atoms with Crippen molar-refractivity contribution in [1.82, 2.24) is 14.6 Å². The summed E-state index contributed by atoms with van der Waals surface area (Å²) in [7, 11) is -4.28. The number of nitrogens with zero attached hydrogens (tertiary/aromatic N) is 1. The van der Waals surface area contributed by atoms with Gasteiger partial charge in [0.1, 0.15) is 30.1 Å². The lowest BCUT2D eigenvalue weighted by atomic mass is 9.98. The van der Waals surface area contributed by atoms with Crippen LogP contribution in [-0.2, 0) is 23.4 Å². The number of ether oxygens (including phenoxy) is 2. The van der Waals surface area contributed by atoms with E-state index in [2.05, 4.69) is 5.09 Å². The van der Waals surface area contributed by atoms with E-state index in [0.717, 1.165) is 36.6 Å². The Morgan fingerprint density at radius 2 is 2.03 bits per heavy atom. The molecule has 1 saturated carbocycles. The zero-order chi connectivity index (χ0) is 26.1. The number of hydrogen-bond donors (Lipinski definition) is 3. The molecule has 196 valence electrons. The number of benzene rings is 1. The molecule has 0 amide bonds. The monoisotopic (exact) mass is 527 g/mol. The maximum absolute atomic E-state index is 15.4. The molecule has 1 aliphatic heterocycles. The van der Waals surface area contributed by atoms with E-state index in [1.807, 2.05) is 4.98 Å². The Kier molecular flexibility index (Phi) is 7.48. The SMILES string of the molecule is C[C@H](NP(=O)(OC[C@H]1O[C@@H](n2ccc(=O)[nH]c2=O)[C@](C)(F)[C@@H]1O)Oc1ccccc1)C(=O)OC1CC1. The second-order valence-electron chi connectivity index (χ2n) is 8.82. The molecular formula is C22H27FN3O9P. The van der Waals surface area contributed by atoms with Crippen LogP contribution in [0.2, 0.25) is 0 Å². The lowest BCUT2D eigenvalue weighted by molar-refractivity contribution is -0.146. The molecule has 1 saturated heterocycles. The van der Waals surface area contributed by atoms with Gasteiger partial charge in [0.25, 0.3) is 5.56 Å². The minimum Gasteiger partial charge on any atom is -0.461 e. The van der Waals surface area contributed by atoms with E-state index in [1.54, 1.807) is 18.2 Å². The highest BCUT2D eigenvalue weighted by Crippen LogP contribution is 2.47. The zero-order valence-corrected chi connectivity index (χ0v) is 20.4. The van der Waals surface area contributed by atoms with Gasteiger partial charge in [-0.25, -0.2) is 13.8 Å². The normalized spacial score (nSPS) is 28.3. The smallest absolute Gasteiger partial charge is 0.459 e. The van der Waals surface area contributed by atoms with Crippen LogP contribution in [0.3, 0.4) is 0 Å². The summed E-state index contributed by atoms with van der Waals surface area (Å²) in [5, 5.41) is 13.1. The van der Waals surface area contributed by atoms with Gasteiger partial charge >= 0.3 is 19.4 Å². The van der Waals surface area contributed by atoms with Crippen LogP contribution in [0, 0.1) is 0 Å². The van der Waals surface area contributed by atoms with Gasteiger partial charge in [-0.3, -0.25) is 23.7 Å². The van der Waals surface area contributed by atoms with E-state index in [1.165, 1.54) is 19.1 Å². The fourth-order valence-corrected chi connectivity index (χ4v) is 5.09. The number of carbonyl (C=O) groups excluding carboxylic acids is 1. The zero-order valence-electron chi connectivity index (χ0n) is 19.5. The van der Waals surface area contributed by atoms with Crippen molar-refractivity contribution in [1.29, 1.82) is 0 Å². The van der Waals surface area contributed by atoms with Crippen molar-refractivity contribution in [2.24, 2.45) is 0 Å². The summed E-state index contributed by atoms with van der Waals surface area (Å²) in [6.07, 6.45) is -2.42. The van der Waals surface area contributed by atoms with Gasteiger partial charge in [-0.1, -0.05) is 18.2 Å². The Morgan fingerprint density at radius 3 is 2.67 bits per heavy atom. The molecule has 1 unspecified atom stereocenters. The van der Waals surface area contributed by atoms with Crippen molar-refractivity contribution in [3.8, 4) is 5.75 Å². The van der Waals surface area contributed by atoms with E-state index < -0.39 is 61.7 Å². The predicted octanol–water partition coefficient (Wildman–Crippen LogP) is 1.41. The molecule has 12 nitrogen and oxygen atoms in total. The number of hydrogen-bond acceptors (Lipinski definition) is 9. The maximum atomic E-state index is 15.4. The van der Waals surface area contributed by atoms with Crippen molar-refractivity contribution in [3.63, 3.8) is 0 Å². The molecule has 0 radical (unpaired) electrons. The first-order chi connectivity index (χ1) is 17.0. The molecule has 0 bridgehead atoms. The molecule has 4 rings (SSSR count). The number of rotatable bonds is 10. The highest BCUT2D eigenvalue weighted by atomic mass is 31.2. The Hall–Kier alpha value is -2.83. The van der Waals surface area contributed by atoms with Crippen LogP contribution in [0.25, 0.3) is 0 Å². The van der Waals surface area contributed by atoms with Gasteiger partial charge in [-0.15, -0.1) is 0 Å². The molecule has 1 aromatic heterocycles. The van der Waals surface area contributed by atoms with Crippen LogP contribution in [0.4, 0.5) is 4.39 Å². The lowest BCUT2D eigenvalue weighted by Gasteiger charge is -2.25. The number of aromatic nitrogens is 2. The summed E-state index contributed by atoms with van der Waals surface area (Å²) in [5.74, 6) is -0.485. The molecule has 3 N–H and O–H groups in total. The van der Waals surface area contributed by atoms with Crippen LogP contribution >= 0.6 is 7.75 Å². The number of H-pyrrole nitrogens is 1. The number of nitrogens with one attached hydrogen (secondary N) is 2. The third-order valence-electron chi connectivity index (χ3n) is 5.71. The van der Waals surface area contributed by atoms with Crippen molar-refractivity contribution in [2.75, 3.05) is 6.61 Å². The van der Waals surface area contributed by atoms with Gasteiger partial charge in [-0.05, 0) is 38.8 Å². The van der Waals surface area contributed by atoms with Gasteiger partial charge in [0.05, 0.1) is 6.61 Å². The largest absolute Gasteiger partial charge is 0.461 e. The van der Waals surface area contributed by atoms with Gasteiger partial charge in [-0.2, -0.15) is 5.09 Å². The summed E-state index contributed by atoms with van der Waals surface area (Å²) in [6.45, 7) is 1.82. The first kappa shape index (κ1) is 26.2. The second kappa shape index (κ2) is 10.3. The summed E-state index contributed by atoms with van der Waals surface area (Å²) < 4.78 is 51.6. The number of aliphatic hydroxyl groups is 1. The average molecular weight is 527 g/mol. The molecule has 2 aliphatic rings. The highest BCUT2D eigenvalue weighted by Gasteiger charge is 2.56. The third-order valence-corrected chi connectivity index (χ3v) is 7.35. The molecule has 1 aliphatic carbocycles. The standard InChI is InChI=1S/C22H27FN3O9P/c1-13(19(29)33-14-8-9-14)25-36(31,35-15-6-4-3-5-7-15)32-12-16-18(28)22(2,23)20(34-16)26-11-10-17(27)24-21(26)30/h3-7,10-11,13-14,16,18,20,28H,8-9,12H2,1-2H3,(H,25,31)(H,24,27,30)/t13-,16+,18+,20+,22+,36?/m0/s1. The van der Waals surface area contributed by atoms with E-state index in [-0.39, 0.29) is 11.9 Å². The molecular weight excluding hydrogens is 500 g/mol. The van der Waals surface area contributed by atoms with E-state index in [9.17, 15) is 24.1 Å². The summed E-state index contributed by atoms with van der Waals surface area (Å²) in [6, 6.07) is 7.95. The number of carbonyl (C=O) groups is 1. The fourth-order valence-electron chi connectivity index (χ4n) is 3.59. The molecule has 0 spiro atoms. The Bertz CT molecular complexity index is 1250. The van der Waals surface area contributed by atoms with E-state index in [0.29, 0.717) is 0 Å². The Morgan fingerprint density at radius 1 is 1.33 bits per heavy atom. The number of esters is 1. The quantitative estimate of drug-likeness (QED) is 0.305. The van der Waals surface area contributed by atoms with Crippen molar-refractivity contribution >= 4 is 13.7 Å². The summed E-state index contributed by atoms with van der Waals surface area (Å²) >= 11 is 0. The van der Waals surface area contributed by atoms with E-state index >= 15 is 4.39 Å². The predicted molar refractivity (Wildman–Crippen MR) is 123 cm³/mol. The van der Waals surface area contributed by atoms with Crippen LogP contribution in [0.1, 0.15) is 32.9 Å². The van der Waals surface area contributed by atoms with Crippen molar-refractivity contribution < 1.29 is 37.4 Å². The summed E-state index contributed by atoms with van der Waals surface area (Å²) in [4.78, 5) is 37.8. The summed E-state index contributed by atoms with van der Waals surface area (Å²) in [5.41, 5.74) is -4.10. The number of para-hydroxylation sites is 1. The van der Waals surface area contributed by atoms with Gasteiger partial charge < -0.3 is 19.1 Å². The number of aliphatic hydroxyl groups excluding tert-OH is 1. The molecule has 2 fully saturated rings. The second-order valence-corrected chi connectivity index (χ2v) is 10.5. The highest BCUT2D eigenvalue weighted by molar-refractivity contribution is 7.52. The number of aromatic amines is 1. The molecule has 36 heavy (non-hydrogen) atoms. The third kappa shape index (κ3) is 5.93. The number of alkyl halides is 1. The molecule has 2 aromatic rings. The molecule has 14 heteroatoms. The first-order valence-corrected chi connectivity index (χ1v) is 12.8. The van der Waals surface area contributed by atoms with Crippen LogP contribution in [0.15, 0.2) is 52.2 Å². The molecule has 6 atom stereocenters. The Labute approximate surface area is 204 Å². The van der Waals surface area contributed by atoms with Crippen LogP contribution in [-0.4, -0.2) is 57.3 Å². The van der Waals surface area contributed by atoms with Crippen molar-refractivity contribution in [2.45, 2.75) is 62.9 Å². The lowest BCUT2D eigenvalue weighted by Crippen LogP contribution is -2.43.